The van der Waals surface area contributed by atoms with Crippen LogP contribution in [0.2, 0.25) is 0 Å². The average Bonchev–Trinajstić information content (AvgIpc) is 2.84. The molecule has 2 amide bonds. The van der Waals surface area contributed by atoms with E-state index in [2.05, 4.69) is 19.5 Å². The van der Waals surface area contributed by atoms with Crippen molar-refractivity contribution < 1.29 is 19.4 Å². The van der Waals surface area contributed by atoms with Crippen molar-refractivity contribution >= 4 is 32.6 Å². The molecular formula is C24H27N4O4P. The topological polar surface area (TPSA) is 118 Å². The van der Waals surface area contributed by atoms with E-state index in [4.69, 9.17) is 10.5 Å². The third-order valence-corrected chi connectivity index (χ3v) is 5.69. The molecule has 8 nitrogen and oxygen atoms in total. The molecule has 0 saturated carbocycles. The van der Waals surface area contributed by atoms with Gasteiger partial charge in [-0.1, -0.05) is 33.5 Å². The number of hydrogen-bond acceptors (Lipinski definition) is 6. The van der Waals surface area contributed by atoms with Crippen molar-refractivity contribution in [2.75, 3.05) is 24.2 Å². The van der Waals surface area contributed by atoms with Gasteiger partial charge in [-0.15, -0.1) is 0 Å². The van der Waals surface area contributed by atoms with Crippen molar-refractivity contribution in [3.63, 3.8) is 0 Å². The minimum atomic E-state index is -0.634. The van der Waals surface area contributed by atoms with Gasteiger partial charge in [0.2, 0.25) is 0 Å². The Balaban J connectivity index is 1.65. The second-order valence-electron chi connectivity index (χ2n) is 7.34. The Bertz CT molecular complexity index is 1080. The lowest BCUT2D eigenvalue weighted by atomic mass is 10.1. The molecule has 1 unspecified atom stereocenters. The highest BCUT2D eigenvalue weighted by molar-refractivity contribution is 7.16. The summed E-state index contributed by atoms with van der Waals surface area (Å²) >= 11 is 0. The van der Waals surface area contributed by atoms with Crippen molar-refractivity contribution in [3.05, 3.63) is 89.7 Å². The lowest BCUT2D eigenvalue weighted by Gasteiger charge is -2.29. The molecule has 3 aromatic rings. The SMILES string of the molecule is C[C@@H](c1ccncc1)N(CCO)C(=O)O[C@@H](P)c1ccc(C(=O)Nc2ccccc2N)cc1. The number of amides is 2. The molecule has 0 aliphatic heterocycles. The first-order chi connectivity index (χ1) is 15.9. The number of nitrogens with zero attached hydrogens (tertiary/aromatic N) is 2. The normalized spacial score (nSPS) is 12.5. The first-order valence-corrected chi connectivity index (χ1v) is 11.1. The Morgan fingerprint density at radius 3 is 2.39 bits per heavy atom. The van der Waals surface area contributed by atoms with Crippen LogP contribution in [0.25, 0.3) is 0 Å². The Morgan fingerprint density at radius 1 is 1.09 bits per heavy atom. The summed E-state index contributed by atoms with van der Waals surface area (Å²) < 4.78 is 5.61. The summed E-state index contributed by atoms with van der Waals surface area (Å²) in [4.78, 5) is 30.8. The van der Waals surface area contributed by atoms with Gasteiger partial charge in [0.05, 0.1) is 24.0 Å². The summed E-state index contributed by atoms with van der Waals surface area (Å²) in [6.07, 6.45) is 2.74. The van der Waals surface area contributed by atoms with Crippen molar-refractivity contribution in [2.24, 2.45) is 0 Å². The molecule has 0 saturated heterocycles. The first kappa shape index (κ1) is 24.2. The Morgan fingerprint density at radius 2 is 1.76 bits per heavy atom. The number of hydrogen-bond donors (Lipinski definition) is 3. The molecule has 0 aliphatic rings. The zero-order valence-electron chi connectivity index (χ0n) is 18.2. The number of aromatic nitrogens is 1. The van der Waals surface area contributed by atoms with Gasteiger partial charge in [0.25, 0.3) is 5.91 Å². The van der Waals surface area contributed by atoms with Gasteiger partial charge >= 0.3 is 6.09 Å². The smallest absolute Gasteiger partial charge is 0.411 e. The predicted octanol–water partition coefficient (Wildman–Crippen LogP) is 3.98. The largest absolute Gasteiger partial charge is 0.437 e. The maximum Gasteiger partial charge on any atom is 0.411 e. The number of aliphatic hydroxyl groups excluding tert-OH is 1. The summed E-state index contributed by atoms with van der Waals surface area (Å²) in [6.45, 7) is 1.79. The summed E-state index contributed by atoms with van der Waals surface area (Å²) in [5, 5.41) is 12.2. The third kappa shape index (κ3) is 6.28. The summed E-state index contributed by atoms with van der Waals surface area (Å²) in [6, 6.07) is 17.1. The van der Waals surface area contributed by atoms with Crippen LogP contribution in [0.15, 0.2) is 73.1 Å². The van der Waals surface area contributed by atoms with Gasteiger partial charge in [-0.05, 0) is 54.4 Å². The van der Waals surface area contributed by atoms with Crippen molar-refractivity contribution in [1.82, 2.24) is 9.88 Å². The third-order valence-electron chi connectivity index (χ3n) is 5.17. The van der Waals surface area contributed by atoms with Crippen molar-refractivity contribution in [3.8, 4) is 0 Å². The number of nitrogen functional groups attached to an aromatic ring is 1. The average molecular weight is 466 g/mol. The van der Waals surface area contributed by atoms with Gasteiger partial charge in [0, 0.05) is 24.5 Å². The molecule has 2 aromatic carbocycles. The highest BCUT2D eigenvalue weighted by Gasteiger charge is 2.24. The van der Waals surface area contributed by atoms with Crippen LogP contribution in [0.1, 0.15) is 40.3 Å². The molecule has 33 heavy (non-hydrogen) atoms. The number of pyridine rings is 1. The van der Waals surface area contributed by atoms with Gasteiger partial charge in [0.1, 0.15) is 5.85 Å². The fourth-order valence-electron chi connectivity index (χ4n) is 3.25. The van der Waals surface area contributed by atoms with E-state index in [-0.39, 0.29) is 25.1 Å². The van der Waals surface area contributed by atoms with Crippen LogP contribution in [0.3, 0.4) is 0 Å². The molecule has 1 heterocycles. The van der Waals surface area contributed by atoms with E-state index in [1.54, 1.807) is 60.9 Å². The minimum Gasteiger partial charge on any atom is -0.437 e. The number of aliphatic hydroxyl groups is 1. The van der Waals surface area contributed by atoms with Crippen LogP contribution in [0, 0.1) is 0 Å². The zero-order valence-corrected chi connectivity index (χ0v) is 19.4. The Labute approximate surface area is 195 Å². The number of anilines is 2. The molecule has 0 fully saturated rings. The van der Waals surface area contributed by atoms with Crippen LogP contribution >= 0.6 is 9.24 Å². The maximum atomic E-state index is 12.8. The number of nitrogens with one attached hydrogen (secondary N) is 1. The second-order valence-corrected chi connectivity index (χ2v) is 7.95. The van der Waals surface area contributed by atoms with Crippen LogP contribution in [-0.4, -0.2) is 40.1 Å². The molecule has 0 radical (unpaired) electrons. The Kier molecular flexibility index (Phi) is 8.35. The minimum absolute atomic E-state index is 0.126. The number of rotatable bonds is 8. The number of benzene rings is 2. The van der Waals surface area contributed by atoms with Gasteiger partial charge in [-0.2, -0.15) is 0 Å². The predicted molar refractivity (Wildman–Crippen MR) is 131 cm³/mol. The quantitative estimate of drug-likeness (QED) is 0.341. The van der Waals surface area contributed by atoms with Crippen molar-refractivity contribution in [1.29, 1.82) is 0 Å². The molecule has 9 heteroatoms. The fourth-order valence-corrected chi connectivity index (χ4v) is 3.59. The molecular weight excluding hydrogens is 439 g/mol. The van der Waals surface area contributed by atoms with E-state index in [0.717, 1.165) is 5.56 Å². The molecule has 172 valence electrons. The van der Waals surface area contributed by atoms with Crippen LogP contribution in [-0.2, 0) is 4.74 Å². The standard InChI is InChI=1S/C24H27N4O4P/c1-16(17-10-12-26-13-11-17)28(14-15-29)24(31)32-23(33)19-8-6-18(7-9-19)22(30)27-21-5-3-2-4-20(21)25/h2-13,16,23,29H,14-15,25,33H2,1H3,(H,27,30)/t16-,23-/m0/s1. The molecule has 0 bridgehead atoms. The highest BCUT2D eigenvalue weighted by atomic mass is 31.0. The molecule has 0 spiro atoms. The van der Waals surface area contributed by atoms with E-state index in [1.165, 1.54) is 4.90 Å². The van der Waals surface area contributed by atoms with Gasteiger partial charge < -0.3 is 20.9 Å². The lowest BCUT2D eigenvalue weighted by molar-refractivity contribution is 0.0715. The van der Waals surface area contributed by atoms with Gasteiger partial charge in [-0.25, -0.2) is 4.79 Å². The fraction of sp³-hybridized carbons (Fsp3) is 0.208. The van der Waals surface area contributed by atoms with E-state index in [1.807, 2.05) is 19.1 Å². The molecule has 3 atom stereocenters. The maximum absolute atomic E-state index is 12.8. The number of ether oxygens (including phenoxy) is 1. The monoisotopic (exact) mass is 466 g/mol. The van der Waals surface area contributed by atoms with Crippen LogP contribution in [0.5, 0.6) is 0 Å². The molecule has 1 aromatic heterocycles. The number of carbonyl (C=O) groups is 2. The van der Waals surface area contributed by atoms with Gasteiger partial charge in [-0.3, -0.25) is 14.7 Å². The second kappa shape index (κ2) is 11.4. The zero-order chi connectivity index (χ0) is 23.8. The summed E-state index contributed by atoms with van der Waals surface area (Å²) in [7, 11) is 2.48. The van der Waals surface area contributed by atoms with Crippen molar-refractivity contribution in [2.45, 2.75) is 18.8 Å². The molecule has 0 aliphatic carbocycles. The summed E-state index contributed by atoms with van der Waals surface area (Å²) in [5.74, 6) is -0.928. The molecule has 3 rings (SSSR count). The van der Waals surface area contributed by atoms with Gasteiger partial charge in [0.15, 0.2) is 0 Å². The number of carbonyl (C=O) groups excluding carboxylic acids is 2. The lowest BCUT2D eigenvalue weighted by Crippen LogP contribution is -2.36. The van der Waals surface area contributed by atoms with Crippen LogP contribution < -0.4 is 11.1 Å². The van der Waals surface area contributed by atoms with Crippen LogP contribution in [0.4, 0.5) is 16.2 Å². The summed E-state index contributed by atoms with van der Waals surface area (Å²) in [5.41, 5.74) is 8.91. The Hall–Kier alpha value is -3.48. The number of nitrogens with two attached hydrogens (primary N) is 1. The number of para-hydroxylation sites is 2. The van der Waals surface area contributed by atoms with E-state index >= 15 is 0 Å². The highest BCUT2D eigenvalue weighted by Crippen LogP contribution is 2.28. The first-order valence-electron chi connectivity index (χ1n) is 10.4. The van der Waals surface area contributed by atoms with E-state index in [9.17, 15) is 14.7 Å². The van der Waals surface area contributed by atoms with E-state index < -0.39 is 11.9 Å². The molecule has 4 N–H and O–H groups in total. The van der Waals surface area contributed by atoms with E-state index in [0.29, 0.717) is 22.5 Å².